The van der Waals surface area contributed by atoms with Gasteiger partial charge in [-0.05, 0) is 64.6 Å². The number of rotatable bonds is 5. The maximum Gasteiger partial charge on any atom is 0.248 e. The summed E-state index contributed by atoms with van der Waals surface area (Å²) in [7, 11) is 0. The van der Waals surface area contributed by atoms with Crippen molar-refractivity contribution in [1.82, 2.24) is 20.4 Å². The van der Waals surface area contributed by atoms with Crippen LogP contribution in [0.5, 0.6) is 0 Å². The van der Waals surface area contributed by atoms with Gasteiger partial charge in [0, 0.05) is 22.3 Å². The van der Waals surface area contributed by atoms with E-state index in [-0.39, 0.29) is 5.41 Å². The first kappa shape index (κ1) is 23.6. The van der Waals surface area contributed by atoms with Crippen LogP contribution in [0.1, 0.15) is 26.3 Å². The van der Waals surface area contributed by atoms with Gasteiger partial charge in [-0.15, -0.1) is 20.4 Å². The van der Waals surface area contributed by atoms with Crippen molar-refractivity contribution in [2.75, 3.05) is 0 Å². The minimum absolute atomic E-state index is 0.0825. The Morgan fingerprint density at radius 2 is 0.816 bits per heavy atom. The van der Waals surface area contributed by atoms with Gasteiger partial charge in [0.05, 0.1) is 0 Å². The Hall–Kier alpha value is -4.84. The summed E-state index contributed by atoms with van der Waals surface area (Å²) in [5.74, 6) is 1.79. The number of nitrogens with zero attached hydrogens (tertiary/aromatic N) is 4. The van der Waals surface area contributed by atoms with Crippen LogP contribution in [-0.4, -0.2) is 20.4 Å². The second-order valence-corrected chi connectivity index (χ2v) is 10.2. The zero-order valence-electron chi connectivity index (χ0n) is 21.4. The van der Waals surface area contributed by atoms with Crippen LogP contribution in [-0.2, 0) is 5.41 Å². The van der Waals surface area contributed by atoms with Crippen molar-refractivity contribution in [2.24, 2.45) is 0 Å². The molecule has 0 bridgehead atoms. The van der Waals surface area contributed by atoms with Gasteiger partial charge in [0.1, 0.15) is 0 Å². The van der Waals surface area contributed by atoms with Crippen LogP contribution in [0.15, 0.2) is 112 Å². The quantitative estimate of drug-likeness (QED) is 0.239. The predicted octanol–water partition coefficient (Wildman–Crippen LogP) is 8.09. The molecule has 2 aromatic heterocycles. The highest BCUT2D eigenvalue weighted by atomic mass is 16.4. The molecule has 4 aromatic carbocycles. The molecule has 0 amide bonds. The fraction of sp³-hybridized carbons (Fsp3) is 0.125. The van der Waals surface area contributed by atoms with Crippen molar-refractivity contribution in [3.8, 4) is 56.9 Å². The van der Waals surface area contributed by atoms with Crippen molar-refractivity contribution < 1.29 is 8.83 Å². The zero-order chi connectivity index (χ0) is 26.1. The second kappa shape index (κ2) is 9.56. The van der Waals surface area contributed by atoms with Gasteiger partial charge >= 0.3 is 0 Å². The molecule has 0 spiro atoms. The Labute approximate surface area is 221 Å². The van der Waals surface area contributed by atoms with E-state index in [1.807, 2.05) is 66.7 Å². The van der Waals surface area contributed by atoms with E-state index in [0.717, 1.165) is 33.4 Å². The van der Waals surface area contributed by atoms with E-state index in [4.69, 9.17) is 8.83 Å². The highest BCUT2D eigenvalue weighted by Gasteiger charge is 2.17. The van der Waals surface area contributed by atoms with Crippen molar-refractivity contribution in [3.63, 3.8) is 0 Å². The molecule has 0 saturated heterocycles. The molecule has 6 nitrogen and oxygen atoms in total. The SMILES string of the molecule is CC(C)(C)c1ccc(-c2nnc(-c3cccc(-c4nnc(-c5ccc(-c6ccccc6)cc5)o4)c3)o2)cc1. The van der Waals surface area contributed by atoms with Gasteiger partial charge in [0.15, 0.2) is 0 Å². The maximum atomic E-state index is 6.02. The standard InChI is InChI=1S/C32H26N4O2/c1-32(2,3)27-18-16-24(17-19-27)29-34-36-31(38-29)26-11-7-10-25(20-26)30-35-33-28(37-30)23-14-12-22(13-15-23)21-8-5-4-6-9-21/h4-20H,1-3H3. The lowest BCUT2D eigenvalue weighted by atomic mass is 9.87. The van der Waals surface area contributed by atoms with Crippen LogP contribution in [0, 0.1) is 0 Å². The monoisotopic (exact) mass is 498 g/mol. The van der Waals surface area contributed by atoms with Crippen molar-refractivity contribution in [2.45, 2.75) is 26.2 Å². The van der Waals surface area contributed by atoms with E-state index in [9.17, 15) is 0 Å². The molecule has 0 unspecified atom stereocenters. The molecule has 0 saturated carbocycles. The third-order valence-electron chi connectivity index (χ3n) is 6.44. The first-order valence-electron chi connectivity index (χ1n) is 12.5. The van der Waals surface area contributed by atoms with Crippen molar-refractivity contribution in [3.05, 3.63) is 109 Å². The highest BCUT2D eigenvalue weighted by molar-refractivity contribution is 5.69. The average Bonchev–Trinajstić information content (AvgIpc) is 3.65. The lowest BCUT2D eigenvalue weighted by Gasteiger charge is -2.18. The number of hydrogen-bond acceptors (Lipinski definition) is 6. The fourth-order valence-corrected chi connectivity index (χ4v) is 4.25. The van der Waals surface area contributed by atoms with E-state index in [0.29, 0.717) is 23.6 Å². The molecule has 186 valence electrons. The molecule has 6 rings (SSSR count). The number of hydrogen-bond donors (Lipinski definition) is 0. The summed E-state index contributed by atoms with van der Waals surface area (Å²) < 4.78 is 12.0. The van der Waals surface area contributed by atoms with E-state index in [1.165, 1.54) is 5.56 Å². The van der Waals surface area contributed by atoms with Gasteiger partial charge in [-0.25, -0.2) is 0 Å². The number of benzene rings is 4. The summed E-state index contributed by atoms with van der Waals surface area (Å²) >= 11 is 0. The Morgan fingerprint density at radius 1 is 0.421 bits per heavy atom. The molecule has 0 radical (unpaired) electrons. The molecular weight excluding hydrogens is 472 g/mol. The summed E-state index contributed by atoms with van der Waals surface area (Å²) in [6, 6.07) is 34.2. The topological polar surface area (TPSA) is 77.8 Å². The number of aromatic nitrogens is 4. The minimum atomic E-state index is 0.0825. The molecule has 6 aromatic rings. The van der Waals surface area contributed by atoms with Gasteiger partial charge < -0.3 is 8.83 Å². The average molecular weight is 499 g/mol. The van der Waals surface area contributed by atoms with E-state index >= 15 is 0 Å². The third-order valence-corrected chi connectivity index (χ3v) is 6.44. The summed E-state index contributed by atoms with van der Waals surface area (Å²) in [5.41, 5.74) is 6.92. The predicted molar refractivity (Wildman–Crippen MR) is 148 cm³/mol. The van der Waals surface area contributed by atoms with Gasteiger partial charge in [0.25, 0.3) is 0 Å². The normalized spacial score (nSPS) is 11.6. The Balaban J connectivity index is 1.22. The Bertz CT molecular complexity index is 1680. The molecule has 0 fully saturated rings. The lowest BCUT2D eigenvalue weighted by molar-refractivity contribution is 0.581. The summed E-state index contributed by atoms with van der Waals surface area (Å²) in [6.45, 7) is 6.56. The molecule has 0 N–H and O–H groups in total. The molecule has 0 atom stereocenters. The minimum Gasteiger partial charge on any atom is -0.416 e. The molecule has 6 heteroatoms. The van der Waals surface area contributed by atoms with E-state index < -0.39 is 0 Å². The fourth-order valence-electron chi connectivity index (χ4n) is 4.25. The first-order chi connectivity index (χ1) is 18.4. The van der Waals surface area contributed by atoms with Crippen molar-refractivity contribution in [1.29, 1.82) is 0 Å². The van der Waals surface area contributed by atoms with Gasteiger partial charge in [0.2, 0.25) is 23.6 Å². The van der Waals surface area contributed by atoms with E-state index in [2.05, 4.69) is 77.6 Å². The first-order valence-corrected chi connectivity index (χ1v) is 12.5. The molecule has 0 aliphatic rings. The summed E-state index contributed by atoms with van der Waals surface area (Å²) in [4.78, 5) is 0. The smallest absolute Gasteiger partial charge is 0.248 e. The van der Waals surface area contributed by atoms with Crippen LogP contribution in [0.4, 0.5) is 0 Å². The molecule has 0 aliphatic heterocycles. The summed E-state index contributed by atoms with van der Waals surface area (Å²) in [5, 5.41) is 17.1. The van der Waals surface area contributed by atoms with Gasteiger partial charge in [-0.1, -0.05) is 81.4 Å². The zero-order valence-corrected chi connectivity index (χ0v) is 21.4. The Morgan fingerprint density at radius 3 is 1.32 bits per heavy atom. The van der Waals surface area contributed by atoms with Crippen LogP contribution in [0.25, 0.3) is 56.9 Å². The van der Waals surface area contributed by atoms with Crippen molar-refractivity contribution >= 4 is 0 Å². The summed E-state index contributed by atoms with van der Waals surface area (Å²) in [6.07, 6.45) is 0. The highest BCUT2D eigenvalue weighted by Crippen LogP contribution is 2.31. The third kappa shape index (κ3) is 4.76. The maximum absolute atomic E-state index is 6.02. The van der Waals surface area contributed by atoms with Crippen LogP contribution >= 0.6 is 0 Å². The van der Waals surface area contributed by atoms with E-state index in [1.54, 1.807) is 0 Å². The largest absolute Gasteiger partial charge is 0.416 e. The Kier molecular flexibility index (Phi) is 5.92. The second-order valence-electron chi connectivity index (χ2n) is 10.2. The lowest BCUT2D eigenvalue weighted by Crippen LogP contribution is -2.10. The molecule has 0 aliphatic carbocycles. The van der Waals surface area contributed by atoms with Crippen LogP contribution in [0.3, 0.4) is 0 Å². The molecular formula is C32H26N4O2. The van der Waals surface area contributed by atoms with Crippen LogP contribution in [0.2, 0.25) is 0 Å². The molecule has 38 heavy (non-hydrogen) atoms. The molecule has 2 heterocycles. The van der Waals surface area contributed by atoms with Gasteiger partial charge in [-0.2, -0.15) is 0 Å². The van der Waals surface area contributed by atoms with Gasteiger partial charge in [-0.3, -0.25) is 0 Å². The van der Waals surface area contributed by atoms with Crippen LogP contribution < -0.4 is 0 Å².